The van der Waals surface area contributed by atoms with E-state index < -0.39 is 0 Å². The molecule has 10 aromatic carbocycles. The molecule has 0 spiro atoms. The molecule has 286 valence electrons. The van der Waals surface area contributed by atoms with Gasteiger partial charge in [0.25, 0.3) is 0 Å². The number of rotatable bonds is 7. The molecule has 0 saturated carbocycles. The van der Waals surface area contributed by atoms with Crippen molar-refractivity contribution in [3.63, 3.8) is 0 Å². The molecule has 2 aromatic heterocycles. The van der Waals surface area contributed by atoms with Crippen LogP contribution in [0, 0.1) is 0 Å². The van der Waals surface area contributed by atoms with Crippen LogP contribution in [0.3, 0.4) is 0 Å². The summed E-state index contributed by atoms with van der Waals surface area (Å²) in [6.45, 7) is 0. The monoisotopic (exact) mass is 778 g/mol. The predicted octanol–water partition coefficient (Wildman–Crippen LogP) is 16.3. The van der Waals surface area contributed by atoms with E-state index in [1.165, 1.54) is 38.4 Å². The van der Waals surface area contributed by atoms with E-state index in [-0.39, 0.29) is 0 Å². The first-order valence-electron chi connectivity index (χ1n) is 20.8. The quantitative estimate of drug-likeness (QED) is 0.161. The van der Waals surface area contributed by atoms with Gasteiger partial charge >= 0.3 is 0 Å². The van der Waals surface area contributed by atoms with Crippen molar-refractivity contribution in [2.45, 2.75) is 0 Å². The Morgan fingerprint density at radius 3 is 1.79 bits per heavy atom. The van der Waals surface area contributed by atoms with Crippen LogP contribution >= 0.6 is 0 Å². The Balaban J connectivity index is 1.19. The summed E-state index contributed by atoms with van der Waals surface area (Å²) in [4.78, 5) is 2.42. The van der Waals surface area contributed by atoms with Crippen LogP contribution in [0.25, 0.3) is 93.6 Å². The van der Waals surface area contributed by atoms with Gasteiger partial charge in [-0.1, -0.05) is 164 Å². The minimum absolute atomic E-state index is 0.869. The molecule has 0 aliphatic heterocycles. The molecule has 0 aliphatic carbocycles. The topological polar surface area (TPSA) is 21.3 Å². The Bertz CT molecular complexity index is 3570. The highest BCUT2D eigenvalue weighted by atomic mass is 16.3. The van der Waals surface area contributed by atoms with Crippen molar-refractivity contribution in [2.24, 2.45) is 0 Å². The second-order valence-electron chi connectivity index (χ2n) is 15.7. The molecule has 2 heterocycles. The van der Waals surface area contributed by atoms with Crippen LogP contribution in [-0.2, 0) is 0 Å². The Hall–Kier alpha value is -8.14. The molecule has 0 aliphatic rings. The molecular weight excluding hydrogens is 741 g/mol. The van der Waals surface area contributed by atoms with Crippen molar-refractivity contribution in [3.8, 4) is 39.1 Å². The molecule has 0 unspecified atom stereocenters. The van der Waals surface area contributed by atoms with Crippen LogP contribution in [0.2, 0.25) is 0 Å². The third kappa shape index (κ3) is 5.82. The zero-order valence-electron chi connectivity index (χ0n) is 33.2. The van der Waals surface area contributed by atoms with E-state index in [4.69, 9.17) is 4.42 Å². The van der Waals surface area contributed by atoms with Crippen molar-refractivity contribution in [2.75, 3.05) is 4.90 Å². The molecule has 12 rings (SSSR count). The van der Waals surface area contributed by atoms with Crippen molar-refractivity contribution < 1.29 is 4.42 Å². The smallest absolute Gasteiger partial charge is 0.138 e. The van der Waals surface area contributed by atoms with Gasteiger partial charge < -0.3 is 13.9 Å². The first kappa shape index (κ1) is 34.9. The second-order valence-corrected chi connectivity index (χ2v) is 15.7. The van der Waals surface area contributed by atoms with E-state index in [9.17, 15) is 0 Å². The van der Waals surface area contributed by atoms with Crippen LogP contribution in [0.5, 0.6) is 0 Å². The summed E-state index contributed by atoms with van der Waals surface area (Å²) in [5, 5.41) is 7.00. The summed E-state index contributed by atoms with van der Waals surface area (Å²) in [5.41, 5.74) is 15.3. The first-order valence-corrected chi connectivity index (χ1v) is 20.8. The van der Waals surface area contributed by atoms with Crippen molar-refractivity contribution >= 4 is 71.6 Å². The SMILES string of the molecule is c1ccc(-c2ccc(N(c3ccc4c(c3)c3c(-c5ccc6ccccc6c5)c5c(cc3n4-c3ccccc3)oc3ccccc35)c3ccccc3-c3ccccc3)cc2)cc1. The van der Waals surface area contributed by atoms with E-state index in [2.05, 4.69) is 240 Å². The molecule has 0 radical (unpaired) electrons. The number of benzene rings is 10. The van der Waals surface area contributed by atoms with Crippen molar-refractivity contribution in [3.05, 3.63) is 231 Å². The first-order chi connectivity index (χ1) is 30.3. The van der Waals surface area contributed by atoms with E-state index in [1.54, 1.807) is 0 Å². The van der Waals surface area contributed by atoms with Gasteiger partial charge in [0.2, 0.25) is 0 Å². The number of anilines is 3. The lowest BCUT2D eigenvalue weighted by molar-refractivity contribution is 0.669. The second kappa shape index (κ2) is 14.3. The molecule has 0 fully saturated rings. The van der Waals surface area contributed by atoms with Crippen LogP contribution in [0.1, 0.15) is 0 Å². The maximum Gasteiger partial charge on any atom is 0.138 e. The minimum Gasteiger partial charge on any atom is -0.456 e. The maximum atomic E-state index is 6.75. The largest absolute Gasteiger partial charge is 0.456 e. The lowest BCUT2D eigenvalue weighted by Gasteiger charge is -2.28. The van der Waals surface area contributed by atoms with Gasteiger partial charge in [0, 0.05) is 55.8 Å². The van der Waals surface area contributed by atoms with E-state index in [0.29, 0.717) is 0 Å². The third-order valence-corrected chi connectivity index (χ3v) is 12.2. The van der Waals surface area contributed by atoms with Gasteiger partial charge in [-0.3, -0.25) is 0 Å². The summed E-state index contributed by atoms with van der Waals surface area (Å²) >= 11 is 0. The van der Waals surface area contributed by atoms with Gasteiger partial charge in [-0.2, -0.15) is 0 Å². The van der Waals surface area contributed by atoms with Gasteiger partial charge in [-0.15, -0.1) is 0 Å². The summed E-state index contributed by atoms with van der Waals surface area (Å²) in [6.07, 6.45) is 0. The highest BCUT2D eigenvalue weighted by Crippen LogP contribution is 2.49. The number of aromatic nitrogens is 1. The fourth-order valence-electron chi connectivity index (χ4n) is 9.39. The maximum absolute atomic E-state index is 6.75. The average molecular weight is 779 g/mol. The van der Waals surface area contributed by atoms with Crippen molar-refractivity contribution in [1.29, 1.82) is 0 Å². The van der Waals surface area contributed by atoms with Gasteiger partial charge in [0.1, 0.15) is 11.2 Å². The Kier molecular flexibility index (Phi) is 8.17. The predicted molar refractivity (Wildman–Crippen MR) is 257 cm³/mol. The van der Waals surface area contributed by atoms with E-state index in [1.807, 2.05) is 0 Å². The number of furan rings is 1. The molecule has 3 nitrogen and oxygen atoms in total. The standard InChI is InChI=1S/C58H38N2O/c1-4-16-39(17-5-1)41-30-32-46(33-31-41)59(51-26-14-12-24-48(51)42-19-6-2-7-20-42)47-34-35-52-50(37-47)57-53(60(52)45-22-8-3-9-23-45)38-55-58(49-25-13-15-27-54(49)61-55)56(57)44-29-28-40-18-10-11-21-43(40)36-44/h1-38H. The van der Waals surface area contributed by atoms with Gasteiger partial charge in [-0.05, 0) is 93.7 Å². The molecule has 0 saturated heterocycles. The molecular formula is C58H38N2O. The van der Waals surface area contributed by atoms with Gasteiger partial charge in [0.05, 0.1) is 16.7 Å². The molecule has 3 heteroatoms. The Morgan fingerprint density at radius 2 is 0.984 bits per heavy atom. The highest BCUT2D eigenvalue weighted by molar-refractivity contribution is 6.27. The number of hydrogen-bond acceptors (Lipinski definition) is 2. The molecule has 12 aromatic rings. The highest BCUT2D eigenvalue weighted by Gasteiger charge is 2.25. The van der Waals surface area contributed by atoms with E-state index >= 15 is 0 Å². The molecule has 0 atom stereocenters. The normalized spacial score (nSPS) is 11.6. The molecule has 0 N–H and O–H groups in total. The number of nitrogens with zero attached hydrogens (tertiary/aromatic N) is 2. The number of hydrogen-bond donors (Lipinski definition) is 0. The lowest BCUT2D eigenvalue weighted by atomic mass is 9.92. The fraction of sp³-hybridized carbons (Fsp3) is 0. The zero-order valence-corrected chi connectivity index (χ0v) is 33.2. The van der Waals surface area contributed by atoms with Crippen LogP contribution in [0.4, 0.5) is 17.1 Å². The van der Waals surface area contributed by atoms with Gasteiger partial charge in [-0.25, -0.2) is 0 Å². The molecule has 0 bridgehead atoms. The number of fused-ring (bicyclic) bond motifs is 7. The van der Waals surface area contributed by atoms with Crippen molar-refractivity contribution in [1.82, 2.24) is 4.57 Å². The average Bonchev–Trinajstić information content (AvgIpc) is 3.87. The van der Waals surface area contributed by atoms with Crippen LogP contribution < -0.4 is 4.90 Å². The summed E-state index contributed by atoms with van der Waals surface area (Å²) < 4.78 is 9.16. The Morgan fingerprint density at radius 1 is 0.361 bits per heavy atom. The summed E-state index contributed by atoms with van der Waals surface area (Å²) in [6, 6.07) is 82.9. The van der Waals surface area contributed by atoms with E-state index in [0.717, 1.165) is 72.2 Å². The van der Waals surface area contributed by atoms with Crippen LogP contribution in [-0.4, -0.2) is 4.57 Å². The number of para-hydroxylation sites is 3. The third-order valence-electron chi connectivity index (χ3n) is 12.2. The van der Waals surface area contributed by atoms with Crippen LogP contribution in [0.15, 0.2) is 235 Å². The Labute approximate surface area is 353 Å². The zero-order chi connectivity index (χ0) is 40.3. The minimum atomic E-state index is 0.869. The molecule has 61 heavy (non-hydrogen) atoms. The molecule has 0 amide bonds. The van der Waals surface area contributed by atoms with Gasteiger partial charge in [0.15, 0.2) is 0 Å². The summed E-state index contributed by atoms with van der Waals surface area (Å²) in [7, 11) is 0. The fourth-order valence-corrected chi connectivity index (χ4v) is 9.39. The lowest BCUT2D eigenvalue weighted by Crippen LogP contribution is -2.11. The summed E-state index contributed by atoms with van der Waals surface area (Å²) in [5.74, 6) is 0.